The van der Waals surface area contributed by atoms with Crippen LogP contribution in [0.1, 0.15) is 17.0 Å². The van der Waals surface area contributed by atoms with E-state index in [1.165, 1.54) is 12.1 Å². The molecule has 0 unspecified atom stereocenters. The first-order valence-corrected chi connectivity index (χ1v) is 6.94. The van der Waals surface area contributed by atoms with Crippen LogP contribution in [0.4, 0.5) is 10.1 Å². The smallest absolute Gasteiger partial charge is 0.296 e. The molecule has 4 rings (SSSR count). The number of fused-ring (bicyclic) bond motifs is 2. The highest BCUT2D eigenvalue weighted by molar-refractivity contribution is 6.22. The largest absolute Gasteiger partial charge is 0.480 e. The molecule has 0 atom stereocenters. The standard InChI is InChI=1S/C17H11FN2O3/c1-8-4-12-14(23-17(22)15(12)16(21)20-8)5-9-7-19-13-3-2-10(18)6-11(9)13/h2-7,22H,1H3,(H,20,21)/b9-5-. The van der Waals surface area contributed by atoms with Crippen LogP contribution in [0, 0.1) is 12.7 Å². The number of benzene rings is 1. The van der Waals surface area contributed by atoms with Crippen molar-refractivity contribution >= 4 is 34.3 Å². The van der Waals surface area contributed by atoms with Crippen molar-refractivity contribution in [2.75, 3.05) is 0 Å². The summed E-state index contributed by atoms with van der Waals surface area (Å²) in [5.74, 6) is -0.479. The molecule has 5 nitrogen and oxygen atoms in total. The minimum absolute atomic E-state index is 0.0943. The molecule has 114 valence electrons. The number of aromatic hydroxyl groups is 1. The van der Waals surface area contributed by atoms with Crippen LogP contribution in [0.3, 0.4) is 0 Å². The lowest BCUT2D eigenvalue weighted by molar-refractivity contribution is 0.335. The van der Waals surface area contributed by atoms with E-state index < -0.39 is 11.5 Å². The summed E-state index contributed by atoms with van der Waals surface area (Å²) in [6, 6.07) is 6.03. The molecule has 2 N–H and O–H groups in total. The third-order valence-electron chi connectivity index (χ3n) is 3.75. The summed E-state index contributed by atoms with van der Waals surface area (Å²) in [5.41, 5.74) is 2.17. The number of hydrogen-bond donors (Lipinski definition) is 2. The highest BCUT2D eigenvalue weighted by Gasteiger charge is 2.18. The average molecular weight is 310 g/mol. The molecule has 3 heterocycles. The van der Waals surface area contributed by atoms with Crippen LogP contribution in [0.15, 0.2) is 38.5 Å². The van der Waals surface area contributed by atoms with Gasteiger partial charge in [0.25, 0.3) is 11.5 Å². The molecule has 0 bridgehead atoms. The number of hydrogen-bond acceptors (Lipinski definition) is 4. The van der Waals surface area contributed by atoms with Gasteiger partial charge in [-0.2, -0.15) is 0 Å². The van der Waals surface area contributed by atoms with Crippen molar-refractivity contribution in [2.24, 2.45) is 4.99 Å². The van der Waals surface area contributed by atoms with E-state index in [0.29, 0.717) is 33.7 Å². The molecule has 23 heavy (non-hydrogen) atoms. The molecule has 1 aliphatic rings. The van der Waals surface area contributed by atoms with Gasteiger partial charge in [-0.05, 0) is 37.3 Å². The van der Waals surface area contributed by atoms with Crippen LogP contribution < -0.4 is 5.56 Å². The van der Waals surface area contributed by atoms with E-state index in [0.717, 1.165) is 0 Å². The van der Waals surface area contributed by atoms with E-state index in [-0.39, 0.29) is 11.2 Å². The first-order valence-electron chi connectivity index (χ1n) is 6.94. The van der Waals surface area contributed by atoms with Gasteiger partial charge in [-0.1, -0.05) is 0 Å². The van der Waals surface area contributed by atoms with Crippen molar-refractivity contribution < 1.29 is 13.9 Å². The van der Waals surface area contributed by atoms with Gasteiger partial charge >= 0.3 is 0 Å². The lowest BCUT2D eigenvalue weighted by Crippen LogP contribution is -2.06. The van der Waals surface area contributed by atoms with E-state index in [2.05, 4.69) is 9.98 Å². The fraction of sp³-hybridized carbons (Fsp3) is 0.0588. The summed E-state index contributed by atoms with van der Waals surface area (Å²) >= 11 is 0. The maximum Gasteiger partial charge on any atom is 0.296 e. The predicted molar refractivity (Wildman–Crippen MR) is 85.7 cm³/mol. The van der Waals surface area contributed by atoms with Gasteiger partial charge in [-0.3, -0.25) is 9.79 Å². The Bertz CT molecular complexity index is 1070. The molecule has 0 aliphatic carbocycles. The predicted octanol–water partition coefficient (Wildman–Crippen LogP) is 3.53. The maximum atomic E-state index is 13.4. The van der Waals surface area contributed by atoms with Crippen LogP contribution in [0.2, 0.25) is 0 Å². The fourth-order valence-electron chi connectivity index (χ4n) is 2.73. The molecule has 2 aromatic heterocycles. The Morgan fingerprint density at radius 1 is 1.35 bits per heavy atom. The van der Waals surface area contributed by atoms with Gasteiger partial charge in [-0.25, -0.2) is 4.39 Å². The van der Waals surface area contributed by atoms with Gasteiger partial charge in [0.15, 0.2) is 0 Å². The molecule has 0 radical (unpaired) electrons. The summed E-state index contributed by atoms with van der Waals surface area (Å²) in [6.07, 6.45) is 3.23. The molecular formula is C17H11FN2O3. The Morgan fingerprint density at radius 2 is 2.17 bits per heavy atom. The summed E-state index contributed by atoms with van der Waals surface area (Å²) in [6.45, 7) is 1.74. The highest BCUT2D eigenvalue weighted by atomic mass is 19.1. The molecule has 1 aliphatic heterocycles. The van der Waals surface area contributed by atoms with Crippen molar-refractivity contribution in [3.63, 3.8) is 0 Å². The second kappa shape index (κ2) is 4.67. The van der Waals surface area contributed by atoms with Gasteiger partial charge in [0, 0.05) is 28.4 Å². The number of aryl methyl sites for hydroxylation is 1. The molecule has 6 heteroatoms. The molecule has 1 aromatic carbocycles. The lowest BCUT2D eigenvalue weighted by atomic mass is 10.1. The second-order valence-electron chi connectivity index (χ2n) is 5.36. The number of aromatic amines is 1. The van der Waals surface area contributed by atoms with Crippen molar-refractivity contribution in [3.05, 3.63) is 57.5 Å². The van der Waals surface area contributed by atoms with Gasteiger partial charge in [-0.15, -0.1) is 0 Å². The monoisotopic (exact) mass is 310 g/mol. The van der Waals surface area contributed by atoms with Crippen LogP contribution in [0.5, 0.6) is 5.95 Å². The third kappa shape index (κ3) is 2.07. The highest BCUT2D eigenvalue weighted by Crippen LogP contribution is 2.36. The average Bonchev–Trinajstić information content (AvgIpc) is 3.01. The normalized spacial score (nSPS) is 14.8. The zero-order valence-electron chi connectivity index (χ0n) is 12.1. The summed E-state index contributed by atoms with van der Waals surface area (Å²) in [5, 5.41) is 10.5. The maximum absolute atomic E-state index is 13.4. The number of aliphatic imine (C=N–C) groups is 1. The third-order valence-corrected chi connectivity index (χ3v) is 3.75. The second-order valence-corrected chi connectivity index (χ2v) is 5.36. The van der Waals surface area contributed by atoms with Crippen LogP contribution in [-0.2, 0) is 0 Å². The number of rotatable bonds is 1. The zero-order valence-corrected chi connectivity index (χ0v) is 12.1. The topological polar surface area (TPSA) is 78.6 Å². The van der Waals surface area contributed by atoms with Crippen LogP contribution in [0.25, 0.3) is 22.4 Å². The Morgan fingerprint density at radius 3 is 3.00 bits per heavy atom. The molecule has 3 aromatic rings. The Kier molecular flexibility index (Phi) is 2.74. The number of allylic oxidation sites excluding steroid dienone is 1. The minimum Gasteiger partial charge on any atom is -0.480 e. The molecule has 0 saturated carbocycles. The van der Waals surface area contributed by atoms with E-state index >= 15 is 0 Å². The number of halogens is 1. The summed E-state index contributed by atoms with van der Waals surface area (Å²) in [4.78, 5) is 18.8. The molecule has 0 saturated heterocycles. The van der Waals surface area contributed by atoms with E-state index in [1.807, 2.05) is 0 Å². The van der Waals surface area contributed by atoms with Crippen LogP contribution >= 0.6 is 0 Å². The van der Waals surface area contributed by atoms with Gasteiger partial charge < -0.3 is 14.5 Å². The first kappa shape index (κ1) is 13.5. The molecule has 0 spiro atoms. The van der Waals surface area contributed by atoms with Crippen LogP contribution in [-0.4, -0.2) is 16.3 Å². The van der Waals surface area contributed by atoms with Gasteiger partial charge in [0.2, 0.25) is 0 Å². The fourth-order valence-corrected chi connectivity index (χ4v) is 2.73. The molecule has 0 fully saturated rings. The van der Waals surface area contributed by atoms with Gasteiger partial charge in [0.05, 0.1) is 5.69 Å². The summed E-state index contributed by atoms with van der Waals surface area (Å²) < 4.78 is 18.8. The Labute approximate surface area is 129 Å². The number of H-pyrrole nitrogens is 1. The zero-order chi connectivity index (χ0) is 16.1. The van der Waals surface area contributed by atoms with E-state index in [4.69, 9.17) is 4.42 Å². The number of pyridine rings is 1. The van der Waals surface area contributed by atoms with E-state index in [9.17, 15) is 14.3 Å². The van der Waals surface area contributed by atoms with E-state index in [1.54, 1.807) is 31.3 Å². The minimum atomic E-state index is -0.442. The number of furan rings is 1. The summed E-state index contributed by atoms with van der Waals surface area (Å²) in [7, 11) is 0. The first-order chi connectivity index (χ1) is 11.0. The number of aromatic nitrogens is 1. The number of nitrogens with one attached hydrogen (secondary N) is 1. The van der Waals surface area contributed by atoms with Crippen molar-refractivity contribution in [2.45, 2.75) is 6.92 Å². The number of nitrogens with zero attached hydrogens (tertiary/aromatic N) is 1. The molecular weight excluding hydrogens is 299 g/mol. The van der Waals surface area contributed by atoms with Crippen molar-refractivity contribution in [1.29, 1.82) is 0 Å². The van der Waals surface area contributed by atoms with Crippen molar-refractivity contribution in [1.82, 2.24) is 4.98 Å². The lowest BCUT2D eigenvalue weighted by Gasteiger charge is -1.99. The molecule has 0 amide bonds. The SMILES string of the molecule is Cc1cc2c(/C=C3/C=Nc4ccc(F)cc43)oc(O)c2c(=O)[nH]1. The quantitative estimate of drug-likeness (QED) is 0.721. The van der Waals surface area contributed by atoms with Gasteiger partial charge in [0.1, 0.15) is 17.0 Å². The van der Waals surface area contributed by atoms with Crippen molar-refractivity contribution in [3.8, 4) is 5.95 Å². The Balaban J connectivity index is 1.95. The Hall–Kier alpha value is -3.15.